The van der Waals surface area contributed by atoms with Crippen LogP contribution in [-0.4, -0.2) is 81.9 Å². The molecule has 1 saturated heterocycles. The first-order valence-electron chi connectivity index (χ1n) is 5.99. The summed E-state index contributed by atoms with van der Waals surface area (Å²) in [6, 6.07) is 0. The Morgan fingerprint density at radius 2 is 1.13 bits per heavy atom. The molecule has 1 rings (SSSR count). The molecule has 17 heteroatoms. The highest BCUT2D eigenvalue weighted by atomic mass is 19.1. The second kappa shape index (κ2) is 15.2. The summed E-state index contributed by atoms with van der Waals surface area (Å²) in [5.41, 5.74) is -0.146. The van der Waals surface area contributed by atoms with Crippen molar-refractivity contribution in [3.63, 3.8) is 0 Å². The lowest BCUT2D eigenvalue weighted by Gasteiger charge is -2.29. The summed E-state index contributed by atoms with van der Waals surface area (Å²) < 4.78 is 46.9. The molecule has 136 valence electrons. The topological polar surface area (TPSA) is 154 Å². The Morgan fingerprint density at radius 3 is 1.30 bits per heavy atom. The van der Waals surface area contributed by atoms with Gasteiger partial charge in [0.25, 0.3) is 0 Å². The standard InChI is InChI=1S/C6H13BFNO2.3BFH2O2/c1-6(2)4-3-5-9(6)11-7(8)10;3*2-1(3)4/h10H,3-5H2,1-2H3;3*3-4H. The molecule has 23 heavy (non-hydrogen) atoms. The molecule has 1 heterocycles. The van der Waals surface area contributed by atoms with Crippen molar-refractivity contribution in [1.29, 1.82) is 0 Å². The zero-order valence-electron chi connectivity index (χ0n) is 12.4. The number of hydrogen-bond donors (Lipinski definition) is 7. The summed E-state index contributed by atoms with van der Waals surface area (Å²) in [4.78, 5) is 0. The second-order valence-corrected chi connectivity index (χ2v) is 4.35. The van der Waals surface area contributed by atoms with E-state index in [2.05, 4.69) is 4.76 Å². The average molecular weight is 352 g/mol. The largest absolute Gasteiger partial charge is 0.695 e. The van der Waals surface area contributed by atoms with E-state index in [-0.39, 0.29) is 5.54 Å². The van der Waals surface area contributed by atoms with Crippen molar-refractivity contribution in [2.24, 2.45) is 0 Å². The van der Waals surface area contributed by atoms with Gasteiger partial charge in [-0.3, -0.25) is 22.0 Å². The zero-order valence-corrected chi connectivity index (χ0v) is 12.4. The van der Waals surface area contributed by atoms with Crippen molar-refractivity contribution in [1.82, 2.24) is 5.06 Å². The predicted octanol–water partition coefficient (Wildman–Crippen LogP) is -2.48. The molecule has 0 aliphatic carbocycles. The van der Waals surface area contributed by atoms with Crippen molar-refractivity contribution in [2.75, 3.05) is 6.54 Å². The van der Waals surface area contributed by atoms with Gasteiger partial charge in [-0.2, -0.15) is 5.06 Å². The van der Waals surface area contributed by atoms with E-state index in [1.165, 1.54) is 5.06 Å². The van der Waals surface area contributed by atoms with Crippen LogP contribution in [0, 0.1) is 0 Å². The van der Waals surface area contributed by atoms with Crippen molar-refractivity contribution >= 4 is 29.6 Å². The van der Waals surface area contributed by atoms with Crippen molar-refractivity contribution < 1.29 is 57.2 Å². The SMILES string of the molecule is CC1(C)CCCN1OB(O)F.OB(O)F.OB(O)F.OB(O)F. The van der Waals surface area contributed by atoms with Crippen LogP contribution in [0.4, 0.5) is 17.3 Å². The molecular formula is C6H19B4F4NO8. The van der Waals surface area contributed by atoms with E-state index in [4.69, 9.17) is 35.2 Å². The zero-order chi connectivity index (χ0) is 19.2. The summed E-state index contributed by atoms with van der Waals surface area (Å²) >= 11 is 0. The summed E-state index contributed by atoms with van der Waals surface area (Å²) in [6.07, 6.45) is 1.96. The third kappa shape index (κ3) is 30.1. The van der Waals surface area contributed by atoms with Gasteiger partial charge in [0.15, 0.2) is 0 Å². The van der Waals surface area contributed by atoms with Gasteiger partial charge in [-0.15, -0.1) is 0 Å². The minimum Gasteiger partial charge on any atom is -0.398 e. The molecule has 0 amide bonds. The maximum Gasteiger partial charge on any atom is 0.695 e. The number of halogens is 4. The van der Waals surface area contributed by atoms with Gasteiger partial charge < -0.3 is 35.2 Å². The Kier molecular flexibility index (Phi) is 18.1. The first-order chi connectivity index (χ1) is 10.2. The summed E-state index contributed by atoms with van der Waals surface area (Å²) in [5.74, 6) is 0. The minimum atomic E-state index is -2.67. The monoisotopic (exact) mass is 353 g/mol. The summed E-state index contributed by atoms with van der Waals surface area (Å²) in [7, 11) is -10.2. The molecular weight excluding hydrogens is 333 g/mol. The Morgan fingerprint density at radius 1 is 0.826 bits per heavy atom. The molecule has 1 aliphatic heterocycles. The molecule has 7 N–H and O–H groups in total. The lowest BCUT2D eigenvalue weighted by atomic mass is 10.0. The van der Waals surface area contributed by atoms with Crippen molar-refractivity contribution in [2.45, 2.75) is 32.2 Å². The van der Waals surface area contributed by atoms with Gasteiger partial charge in [0.1, 0.15) is 0 Å². The maximum atomic E-state index is 12.0. The highest BCUT2D eigenvalue weighted by Gasteiger charge is 2.35. The van der Waals surface area contributed by atoms with E-state index in [1.807, 2.05) is 13.8 Å². The Bertz CT molecular complexity index is 246. The van der Waals surface area contributed by atoms with E-state index in [9.17, 15) is 17.3 Å². The quantitative estimate of drug-likeness (QED) is 0.211. The lowest BCUT2D eigenvalue weighted by Crippen LogP contribution is -2.41. The molecule has 0 aromatic heterocycles. The highest BCUT2D eigenvalue weighted by molar-refractivity contribution is 6.33. The van der Waals surface area contributed by atoms with Crippen LogP contribution in [0.5, 0.6) is 0 Å². The fraction of sp³-hybridized carbons (Fsp3) is 1.00. The number of rotatable bonds is 2. The molecule has 0 saturated carbocycles. The lowest BCUT2D eigenvalue weighted by molar-refractivity contribution is -0.130. The minimum absolute atomic E-state index is 0.146. The molecule has 0 bridgehead atoms. The van der Waals surface area contributed by atoms with Crippen molar-refractivity contribution in [3.05, 3.63) is 0 Å². The summed E-state index contributed by atoms with van der Waals surface area (Å²) in [6.45, 7) is 4.61. The molecule has 1 fully saturated rings. The third-order valence-electron chi connectivity index (χ3n) is 2.04. The first-order valence-corrected chi connectivity index (χ1v) is 5.99. The smallest absolute Gasteiger partial charge is 0.398 e. The average Bonchev–Trinajstić information content (AvgIpc) is 2.54. The van der Waals surface area contributed by atoms with E-state index in [0.717, 1.165) is 12.8 Å². The van der Waals surface area contributed by atoms with Crippen LogP contribution in [0.3, 0.4) is 0 Å². The number of nitrogens with zero attached hydrogens (tertiary/aromatic N) is 1. The third-order valence-corrected chi connectivity index (χ3v) is 2.04. The number of hydroxylamine groups is 2. The highest BCUT2D eigenvalue weighted by Crippen LogP contribution is 2.28. The normalized spacial score (nSPS) is 15.0. The molecule has 0 unspecified atom stereocenters. The van der Waals surface area contributed by atoms with Crippen LogP contribution in [-0.2, 0) is 4.76 Å². The molecule has 0 aromatic rings. The van der Waals surface area contributed by atoms with E-state index in [1.54, 1.807) is 0 Å². The van der Waals surface area contributed by atoms with Crippen LogP contribution in [0.25, 0.3) is 0 Å². The van der Waals surface area contributed by atoms with Crippen LogP contribution in [0.2, 0.25) is 0 Å². The van der Waals surface area contributed by atoms with E-state index < -0.39 is 29.6 Å². The number of hydrogen-bond acceptors (Lipinski definition) is 9. The van der Waals surface area contributed by atoms with Gasteiger partial charge >= 0.3 is 29.6 Å². The van der Waals surface area contributed by atoms with Gasteiger partial charge in [0.05, 0.1) is 0 Å². The molecule has 1 aliphatic rings. The van der Waals surface area contributed by atoms with Crippen molar-refractivity contribution in [3.8, 4) is 0 Å². The van der Waals surface area contributed by atoms with E-state index in [0.29, 0.717) is 6.54 Å². The fourth-order valence-electron chi connectivity index (χ4n) is 1.38. The second-order valence-electron chi connectivity index (χ2n) is 4.35. The van der Waals surface area contributed by atoms with Gasteiger partial charge in [-0.25, -0.2) is 0 Å². The molecule has 0 radical (unpaired) electrons. The van der Waals surface area contributed by atoms with Crippen LogP contribution >= 0.6 is 0 Å². The van der Waals surface area contributed by atoms with E-state index >= 15 is 0 Å². The Balaban J connectivity index is -0.000000278. The molecule has 0 aromatic carbocycles. The molecule has 0 spiro atoms. The predicted molar refractivity (Wildman–Crippen MR) is 74.1 cm³/mol. The summed E-state index contributed by atoms with van der Waals surface area (Å²) in [5, 5.41) is 51.5. The van der Waals surface area contributed by atoms with Gasteiger partial charge in [0, 0.05) is 12.1 Å². The van der Waals surface area contributed by atoms with Gasteiger partial charge in [0.2, 0.25) is 0 Å². The Labute approximate surface area is 131 Å². The van der Waals surface area contributed by atoms with Gasteiger partial charge in [-0.05, 0) is 26.7 Å². The van der Waals surface area contributed by atoms with Crippen LogP contribution in [0.15, 0.2) is 0 Å². The Hall–Kier alpha value is -0.380. The molecule has 9 nitrogen and oxygen atoms in total. The first kappa shape index (κ1) is 27.5. The van der Waals surface area contributed by atoms with Gasteiger partial charge in [-0.1, -0.05) is 0 Å². The molecule has 0 atom stereocenters. The van der Waals surface area contributed by atoms with Crippen LogP contribution < -0.4 is 0 Å². The fourth-order valence-corrected chi connectivity index (χ4v) is 1.38. The van der Waals surface area contributed by atoms with Crippen LogP contribution in [0.1, 0.15) is 26.7 Å². The maximum absolute atomic E-state index is 12.0.